The van der Waals surface area contributed by atoms with Crippen LogP contribution in [0.15, 0.2) is 24.3 Å². The van der Waals surface area contributed by atoms with Gasteiger partial charge in [0, 0.05) is 13.1 Å². The monoisotopic (exact) mass is 238 g/mol. The van der Waals surface area contributed by atoms with E-state index in [1.807, 2.05) is 17.0 Å². The molecule has 0 radical (unpaired) electrons. The molecule has 0 bridgehead atoms. The van der Waals surface area contributed by atoms with Crippen LogP contribution in [0, 0.1) is 0 Å². The second-order valence-electron chi connectivity index (χ2n) is 4.59. The molecule has 0 saturated heterocycles. The molecule has 1 amide bonds. The fourth-order valence-corrected chi connectivity index (χ4v) is 2.14. The van der Waals surface area contributed by atoms with Gasteiger partial charge in [-0.3, -0.25) is 4.79 Å². The Hall–Kier alpha value is -1.06. The van der Waals surface area contributed by atoms with Gasteiger partial charge in [-0.25, -0.2) is 0 Å². The van der Waals surface area contributed by atoms with Crippen molar-refractivity contribution in [2.45, 2.75) is 31.5 Å². The summed E-state index contributed by atoms with van der Waals surface area (Å²) >= 11 is 0. The van der Waals surface area contributed by atoms with Crippen molar-refractivity contribution in [2.24, 2.45) is 5.73 Å². The molecule has 1 fully saturated rings. The molecule has 0 unspecified atom stereocenters. The molecule has 1 aliphatic carbocycles. The van der Waals surface area contributed by atoms with E-state index in [1.54, 1.807) is 0 Å². The van der Waals surface area contributed by atoms with Crippen LogP contribution >= 0.6 is 12.4 Å². The van der Waals surface area contributed by atoms with Gasteiger partial charge in [0.1, 0.15) is 0 Å². The lowest BCUT2D eigenvalue weighted by molar-refractivity contribution is -0.134. The lowest BCUT2D eigenvalue weighted by atomic mass is 10.1. The van der Waals surface area contributed by atoms with Crippen LogP contribution in [0.4, 0.5) is 0 Å². The van der Waals surface area contributed by atoms with E-state index in [4.69, 9.17) is 5.73 Å². The molecule has 16 heavy (non-hydrogen) atoms. The molecular weight excluding hydrogens is 224 g/mol. The molecule has 4 heteroatoms. The largest absolute Gasteiger partial charge is 0.332 e. The van der Waals surface area contributed by atoms with E-state index in [9.17, 15) is 4.79 Å². The minimum atomic E-state index is -0.526. The summed E-state index contributed by atoms with van der Waals surface area (Å²) in [5.41, 5.74) is 7.91. The van der Waals surface area contributed by atoms with Gasteiger partial charge < -0.3 is 10.6 Å². The Bertz CT molecular complexity index is 404. The summed E-state index contributed by atoms with van der Waals surface area (Å²) in [6.07, 6.45) is 1.69. The maximum Gasteiger partial charge on any atom is 0.243 e. The number of carbonyl (C=O) groups is 1. The third kappa shape index (κ3) is 1.70. The van der Waals surface area contributed by atoms with Gasteiger partial charge in [-0.15, -0.1) is 12.4 Å². The minimum Gasteiger partial charge on any atom is -0.332 e. The molecule has 1 aromatic carbocycles. The number of benzene rings is 1. The second-order valence-corrected chi connectivity index (χ2v) is 4.59. The van der Waals surface area contributed by atoms with Gasteiger partial charge in [0.05, 0.1) is 5.54 Å². The SMILES string of the molecule is Cl.NC1(C(=O)N2Cc3ccccc3C2)CC1. The summed E-state index contributed by atoms with van der Waals surface area (Å²) in [6, 6.07) is 8.20. The predicted molar refractivity (Wildman–Crippen MR) is 64.1 cm³/mol. The van der Waals surface area contributed by atoms with Crippen LogP contribution in [0.1, 0.15) is 24.0 Å². The number of hydrogen-bond donors (Lipinski definition) is 1. The van der Waals surface area contributed by atoms with Crippen LogP contribution in [0.3, 0.4) is 0 Å². The number of nitrogens with two attached hydrogens (primary N) is 1. The van der Waals surface area contributed by atoms with Crippen molar-refractivity contribution in [1.82, 2.24) is 4.90 Å². The average Bonchev–Trinajstić information content (AvgIpc) is 2.85. The van der Waals surface area contributed by atoms with Crippen LogP contribution in [-0.2, 0) is 17.9 Å². The molecule has 0 spiro atoms. The molecule has 1 aliphatic heterocycles. The molecule has 3 rings (SSSR count). The molecule has 1 saturated carbocycles. The number of amides is 1. The van der Waals surface area contributed by atoms with Gasteiger partial charge in [-0.2, -0.15) is 0 Å². The lowest BCUT2D eigenvalue weighted by Gasteiger charge is -2.19. The third-order valence-electron chi connectivity index (χ3n) is 3.34. The first-order valence-corrected chi connectivity index (χ1v) is 5.34. The molecule has 1 heterocycles. The molecule has 3 nitrogen and oxygen atoms in total. The number of halogens is 1. The smallest absolute Gasteiger partial charge is 0.243 e. The minimum absolute atomic E-state index is 0. The maximum absolute atomic E-state index is 12.0. The number of fused-ring (bicyclic) bond motifs is 1. The van der Waals surface area contributed by atoms with Crippen molar-refractivity contribution in [2.75, 3.05) is 0 Å². The third-order valence-corrected chi connectivity index (χ3v) is 3.34. The van der Waals surface area contributed by atoms with Crippen LogP contribution < -0.4 is 5.73 Å². The molecule has 86 valence electrons. The molecule has 0 atom stereocenters. The average molecular weight is 239 g/mol. The summed E-state index contributed by atoms with van der Waals surface area (Å²) in [7, 11) is 0. The van der Waals surface area contributed by atoms with E-state index >= 15 is 0 Å². The topological polar surface area (TPSA) is 46.3 Å². The quantitative estimate of drug-likeness (QED) is 0.805. The summed E-state index contributed by atoms with van der Waals surface area (Å²) in [5.74, 6) is 0.124. The Balaban J connectivity index is 0.000000963. The fourth-order valence-electron chi connectivity index (χ4n) is 2.14. The molecule has 2 aliphatic rings. The van der Waals surface area contributed by atoms with Crippen molar-refractivity contribution in [1.29, 1.82) is 0 Å². The highest BCUT2D eigenvalue weighted by molar-refractivity contribution is 5.89. The first kappa shape index (κ1) is 11.4. The van der Waals surface area contributed by atoms with Crippen LogP contribution in [-0.4, -0.2) is 16.3 Å². The number of hydrogen-bond acceptors (Lipinski definition) is 2. The Morgan fingerprint density at radius 3 is 2.12 bits per heavy atom. The maximum atomic E-state index is 12.0. The van der Waals surface area contributed by atoms with Crippen molar-refractivity contribution in [3.63, 3.8) is 0 Å². The second kappa shape index (κ2) is 3.75. The van der Waals surface area contributed by atoms with Crippen molar-refractivity contribution >= 4 is 18.3 Å². The van der Waals surface area contributed by atoms with Gasteiger partial charge in [0.15, 0.2) is 0 Å². The van der Waals surface area contributed by atoms with Gasteiger partial charge in [-0.1, -0.05) is 24.3 Å². The van der Waals surface area contributed by atoms with E-state index in [0.717, 1.165) is 25.9 Å². The zero-order valence-electron chi connectivity index (χ0n) is 8.98. The van der Waals surface area contributed by atoms with Gasteiger partial charge in [0.25, 0.3) is 0 Å². The molecular formula is C12H15ClN2O. The fraction of sp³-hybridized carbons (Fsp3) is 0.417. The zero-order valence-corrected chi connectivity index (χ0v) is 9.80. The summed E-state index contributed by atoms with van der Waals surface area (Å²) in [6.45, 7) is 1.46. The molecule has 2 N–H and O–H groups in total. The number of rotatable bonds is 1. The highest BCUT2D eigenvalue weighted by Crippen LogP contribution is 2.36. The molecule has 1 aromatic rings. The summed E-state index contributed by atoms with van der Waals surface area (Å²) in [4.78, 5) is 13.9. The van der Waals surface area contributed by atoms with Crippen LogP contribution in [0.2, 0.25) is 0 Å². The van der Waals surface area contributed by atoms with Crippen LogP contribution in [0.5, 0.6) is 0 Å². The van der Waals surface area contributed by atoms with Crippen molar-refractivity contribution in [3.8, 4) is 0 Å². The Morgan fingerprint density at radius 2 is 1.69 bits per heavy atom. The van der Waals surface area contributed by atoms with E-state index in [0.29, 0.717) is 0 Å². The van der Waals surface area contributed by atoms with E-state index in [1.165, 1.54) is 11.1 Å². The lowest BCUT2D eigenvalue weighted by Crippen LogP contribution is -2.43. The number of nitrogens with zero attached hydrogens (tertiary/aromatic N) is 1. The zero-order chi connectivity index (χ0) is 10.5. The van der Waals surface area contributed by atoms with Crippen molar-refractivity contribution in [3.05, 3.63) is 35.4 Å². The summed E-state index contributed by atoms with van der Waals surface area (Å²) < 4.78 is 0. The predicted octanol–water partition coefficient (Wildman–Crippen LogP) is 1.44. The highest BCUT2D eigenvalue weighted by atomic mass is 35.5. The van der Waals surface area contributed by atoms with E-state index < -0.39 is 5.54 Å². The first-order valence-electron chi connectivity index (χ1n) is 5.34. The van der Waals surface area contributed by atoms with Crippen molar-refractivity contribution < 1.29 is 4.79 Å². The van der Waals surface area contributed by atoms with Gasteiger partial charge in [-0.05, 0) is 24.0 Å². The molecule has 0 aromatic heterocycles. The highest BCUT2D eigenvalue weighted by Gasteiger charge is 2.48. The first-order chi connectivity index (χ1) is 7.19. The normalized spacial score (nSPS) is 19.9. The van der Waals surface area contributed by atoms with Gasteiger partial charge in [0.2, 0.25) is 5.91 Å². The van der Waals surface area contributed by atoms with Gasteiger partial charge >= 0.3 is 0 Å². The standard InChI is InChI=1S/C12H14N2O.ClH/c13-12(5-6-12)11(15)14-7-9-3-1-2-4-10(9)8-14;/h1-4H,5-8,13H2;1H. The number of carbonyl (C=O) groups excluding carboxylic acids is 1. The van der Waals surface area contributed by atoms with Crippen LogP contribution in [0.25, 0.3) is 0 Å². The summed E-state index contributed by atoms with van der Waals surface area (Å²) in [5, 5.41) is 0. The van der Waals surface area contributed by atoms with E-state index in [2.05, 4.69) is 12.1 Å². The van der Waals surface area contributed by atoms with E-state index in [-0.39, 0.29) is 18.3 Å². The Labute approximate surface area is 101 Å². The Kier molecular flexibility index (Phi) is 2.68. The Morgan fingerprint density at radius 1 is 1.19 bits per heavy atom.